The van der Waals surface area contributed by atoms with E-state index in [4.69, 9.17) is 0 Å². The second-order valence-corrected chi connectivity index (χ2v) is 5.14. The summed E-state index contributed by atoms with van der Waals surface area (Å²) in [6.07, 6.45) is 3.18. The summed E-state index contributed by atoms with van der Waals surface area (Å²) in [6, 6.07) is 0.522. The maximum absolute atomic E-state index is 11.7. The molecule has 1 saturated heterocycles. The van der Waals surface area contributed by atoms with Crippen LogP contribution in [-0.4, -0.2) is 49.1 Å². The van der Waals surface area contributed by atoms with Gasteiger partial charge in [0.1, 0.15) is 0 Å². The number of nitrogens with zero attached hydrogens (tertiary/aromatic N) is 1. The molecule has 1 rings (SSSR count). The van der Waals surface area contributed by atoms with E-state index in [0.29, 0.717) is 6.42 Å². The third-order valence-corrected chi connectivity index (χ3v) is 3.18. The zero-order chi connectivity index (χ0) is 12.7. The topological polar surface area (TPSA) is 44.4 Å². The Hall–Kier alpha value is -0.610. The van der Waals surface area contributed by atoms with Gasteiger partial charge in [0.2, 0.25) is 5.91 Å². The van der Waals surface area contributed by atoms with Crippen LogP contribution in [0, 0.1) is 0 Å². The molecule has 2 atom stereocenters. The summed E-state index contributed by atoms with van der Waals surface area (Å²) in [7, 11) is 0. The number of rotatable bonds is 7. The molecule has 1 aliphatic rings. The third-order valence-electron chi connectivity index (χ3n) is 3.18. The largest absolute Gasteiger partial charge is 0.352 e. The van der Waals surface area contributed by atoms with Gasteiger partial charge in [0.15, 0.2) is 0 Å². The van der Waals surface area contributed by atoms with Gasteiger partial charge in [-0.1, -0.05) is 6.92 Å². The van der Waals surface area contributed by atoms with Gasteiger partial charge in [-0.05, 0) is 46.3 Å². The first-order valence-corrected chi connectivity index (χ1v) is 6.87. The fraction of sp³-hybridized carbons (Fsp3) is 0.923. The van der Waals surface area contributed by atoms with E-state index in [0.717, 1.165) is 13.1 Å². The van der Waals surface area contributed by atoms with Crippen molar-refractivity contribution in [3.8, 4) is 0 Å². The molecule has 0 aromatic carbocycles. The van der Waals surface area contributed by atoms with Gasteiger partial charge < -0.3 is 15.5 Å². The predicted octanol–water partition coefficient (Wildman–Crippen LogP) is 0.975. The minimum Gasteiger partial charge on any atom is -0.352 e. The second-order valence-electron chi connectivity index (χ2n) is 5.14. The van der Waals surface area contributed by atoms with E-state index in [9.17, 15) is 4.79 Å². The van der Waals surface area contributed by atoms with E-state index >= 15 is 0 Å². The number of nitrogens with one attached hydrogen (secondary N) is 2. The molecule has 1 aliphatic heterocycles. The van der Waals surface area contributed by atoms with Crippen molar-refractivity contribution in [2.75, 3.05) is 26.2 Å². The summed E-state index contributed by atoms with van der Waals surface area (Å²) in [4.78, 5) is 14.2. The Labute approximate surface area is 105 Å². The Morgan fingerprint density at radius 1 is 1.24 bits per heavy atom. The molecule has 0 aliphatic carbocycles. The van der Waals surface area contributed by atoms with Crippen LogP contribution in [0.5, 0.6) is 0 Å². The van der Waals surface area contributed by atoms with Crippen LogP contribution in [0.2, 0.25) is 0 Å². The van der Waals surface area contributed by atoms with Crippen molar-refractivity contribution >= 4 is 5.91 Å². The minimum absolute atomic E-state index is 0.158. The quantitative estimate of drug-likeness (QED) is 0.698. The minimum atomic E-state index is 0.158. The molecule has 0 bridgehead atoms. The van der Waals surface area contributed by atoms with Gasteiger partial charge in [-0.2, -0.15) is 0 Å². The van der Waals surface area contributed by atoms with Gasteiger partial charge in [0.25, 0.3) is 0 Å². The van der Waals surface area contributed by atoms with E-state index in [-0.39, 0.29) is 18.0 Å². The second kappa shape index (κ2) is 7.67. The number of hydrogen-bond donors (Lipinski definition) is 2. The summed E-state index contributed by atoms with van der Waals surface area (Å²) in [5.74, 6) is 0.158. The highest BCUT2D eigenvalue weighted by Crippen LogP contribution is 2.07. The Morgan fingerprint density at radius 2 is 1.88 bits per heavy atom. The van der Waals surface area contributed by atoms with Crippen LogP contribution in [0.25, 0.3) is 0 Å². The summed E-state index contributed by atoms with van der Waals surface area (Å²) >= 11 is 0. The Kier molecular flexibility index (Phi) is 6.52. The van der Waals surface area contributed by atoms with Gasteiger partial charge in [-0.25, -0.2) is 0 Å². The monoisotopic (exact) mass is 241 g/mol. The maximum Gasteiger partial charge on any atom is 0.221 e. The lowest BCUT2D eigenvalue weighted by molar-refractivity contribution is -0.122. The van der Waals surface area contributed by atoms with Crippen molar-refractivity contribution in [3.05, 3.63) is 0 Å². The summed E-state index contributed by atoms with van der Waals surface area (Å²) in [5.41, 5.74) is 0. The Morgan fingerprint density at radius 3 is 2.47 bits per heavy atom. The number of hydrogen-bond acceptors (Lipinski definition) is 3. The molecule has 4 nitrogen and oxygen atoms in total. The van der Waals surface area contributed by atoms with Crippen molar-refractivity contribution < 1.29 is 4.79 Å². The van der Waals surface area contributed by atoms with Crippen LogP contribution < -0.4 is 10.6 Å². The average molecular weight is 241 g/mol. The van der Waals surface area contributed by atoms with E-state index < -0.39 is 0 Å². The maximum atomic E-state index is 11.7. The third kappa shape index (κ3) is 6.03. The number of likely N-dealkylation sites (tertiary alicyclic amines) is 1. The number of amides is 1. The van der Waals surface area contributed by atoms with E-state index in [1.165, 1.54) is 25.9 Å². The fourth-order valence-corrected chi connectivity index (χ4v) is 2.43. The number of carbonyl (C=O) groups excluding carboxylic acids is 1. The SMILES string of the molecule is CCNC(C)CC(=O)NC(C)CN1CCCC1. The standard InChI is InChI=1S/C13H27N3O/c1-4-14-11(2)9-13(17)15-12(3)10-16-7-5-6-8-16/h11-12,14H,4-10H2,1-3H3,(H,15,17). The van der Waals surface area contributed by atoms with E-state index in [1.807, 2.05) is 6.92 Å². The summed E-state index contributed by atoms with van der Waals surface area (Å²) in [5, 5.41) is 6.33. The van der Waals surface area contributed by atoms with E-state index in [1.54, 1.807) is 0 Å². The molecule has 0 aromatic heterocycles. The van der Waals surface area contributed by atoms with Gasteiger partial charge in [0, 0.05) is 25.0 Å². The van der Waals surface area contributed by atoms with E-state index in [2.05, 4.69) is 29.4 Å². The Balaban J connectivity index is 2.15. The lowest BCUT2D eigenvalue weighted by Gasteiger charge is -2.22. The molecule has 0 saturated carbocycles. The van der Waals surface area contributed by atoms with Crippen LogP contribution in [0.4, 0.5) is 0 Å². The molecule has 1 amide bonds. The number of carbonyl (C=O) groups is 1. The van der Waals surface area contributed by atoms with Crippen LogP contribution in [0.3, 0.4) is 0 Å². The first kappa shape index (κ1) is 14.5. The molecule has 1 heterocycles. The molecule has 0 radical (unpaired) electrons. The van der Waals surface area contributed by atoms with Gasteiger partial charge in [-0.3, -0.25) is 4.79 Å². The van der Waals surface area contributed by atoms with Gasteiger partial charge in [-0.15, -0.1) is 0 Å². The zero-order valence-electron chi connectivity index (χ0n) is 11.5. The molecule has 2 unspecified atom stereocenters. The van der Waals surface area contributed by atoms with Crippen LogP contribution >= 0.6 is 0 Å². The first-order valence-electron chi connectivity index (χ1n) is 6.87. The fourth-order valence-electron chi connectivity index (χ4n) is 2.43. The lowest BCUT2D eigenvalue weighted by atomic mass is 10.2. The summed E-state index contributed by atoms with van der Waals surface area (Å²) in [6.45, 7) is 10.5. The molecule has 1 fully saturated rings. The van der Waals surface area contributed by atoms with Crippen molar-refractivity contribution in [2.45, 2.75) is 52.1 Å². The van der Waals surface area contributed by atoms with Gasteiger partial charge >= 0.3 is 0 Å². The van der Waals surface area contributed by atoms with Gasteiger partial charge in [0.05, 0.1) is 0 Å². The van der Waals surface area contributed by atoms with Crippen molar-refractivity contribution in [2.24, 2.45) is 0 Å². The summed E-state index contributed by atoms with van der Waals surface area (Å²) < 4.78 is 0. The molecule has 100 valence electrons. The molecule has 0 aromatic rings. The average Bonchev–Trinajstić information content (AvgIpc) is 2.69. The molecule has 17 heavy (non-hydrogen) atoms. The van der Waals surface area contributed by atoms with Crippen LogP contribution in [0.1, 0.15) is 40.0 Å². The van der Waals surface area contributed by atoms with Crippen LogP contribution in [0.15, 0.2) is 0 Å². The molecular weight excluding hydrogens is 214 g/mol. The highest BCUT2D eigenvalue weighted by atomic mass is 16.1. The van der Waals surface area contributed by atoms with Crippen molar-refractivity contribution in [1.82, 2.24) is 15.5 Å². The molecular formula is C13H27N3O. The highest BCUT2D eigenvalue weighted by molar-refractivity contribution is 5.76. The predicted molar refractivity (Wildman–Crippen MR) is 71.0 cm³/mol. The highest BCUT2D eigenvalue weighted by Gasteiger charge is 2.16. The normalized spacial score (nSPS) is 20.2. The lowest BCUT2D eigenvalue weighted by Crippen LogP contribution is -2.43. The smallest absolute Gasteiger partial charge is 0.221 e. The molecule has 0 spiro atoms. The molecule has 4 heteroatoms. The first-order chi connectivity index (χ1) is 8.11. The Bertz CT molecular complexity index is 227. The van der Waals surface area contributed by atoms with Crippen molar-refractivity contribution in [1.29, 1.82) is 0 Å². The molecule has 2 N–H and O–H groups in total. The van der Waals surface area contributed by atoms with Crippen molar-refractivity contribution in [3.63, 3.8) is 0 Å². The van der Waals surface area contributed by atoms with Crippen LogP contribution in [-0.2, 0) is 4.79 Å². The zero-order valence-corrected chi connectivity index (χ0v) is 11.5.